The van der Waals surface area contributed by atoms with Crippen molar-refractivity contribution in [2.75, 3.05) is 0 Å². The van der Waals surface area contributed by atoms with Crippen LogP contribution in [-0.2, 0) is 0 Å². The van der Waals surface area contributed by atoms with Gasteiger partial charge in [0.2, 0.25) is 0 Å². The predicted octanol–water partition coefficient (Wildman–Crippen LogP) is 1.80. The average Bonchev–Trinajstić information content (AvgIpc) is 2.82. The summed E-state index contributed by atoms with van der Waals surface area (Å²) in [5, 5.41) is 22.4. The van der Waals surface area contributed by atoms with Crippen LogP contribution in [-0.4, -0.2) is 30.8 Å². The molecule has 0 aliphatic rings. The van der Waals surface area contributed by atoms with Crippen LogP contribution >= 0.6 is 0 Å². The van der Waals surface area contributed by atoms with Crippen molar-refractivity contribution < 1.29 is 15.0 Å². The highest BCUT2D eigenvalue weighted by Gasteiger charge is 2.09. The van der Waals surface area contributed by atoms with Crippen LogP contribution in [0.15, 0.2) is 42.6 Å². The lowest BCUT2D eigenvalue weighted by Crippen LogP contribution is -1.99. The summed E-state index contributed by atoms with van der Waals surface area (Å²) < 4.78 is 1.42. The maximum atomic E-state index is 10.9. The fraction of sp³-hybridized carbons (Fsp3) is 0. The molecule has 94 valence electrons. The quantitative estimate of drug-likeness (QED) is 0.729. The summed E-state index contributed by atoms with van der Waals surface area (Å²) >= 11 is 0. The number of carboxylic acid groups (broad SMARTS) is 1. The minimum Gasteiger partial charge on any atom is -0.508 e. The number of aromatic carboxylic acids is 1. The zero-order valence-electron chi connectivity index (χ0n) is 9.69. The van der Waals surface area contributed by atoms with E-state index >= 15 is 0 Å². The van der Waals surface area contributed by atoms with Crippen LogP contribution < -0.4 is 0 Å². The number of nitrogens with zero attached hydrogens (tertiary/aromatic N) is 3. The average molecular weight is 255 g/mol. The molecule has 2 N–H and O–H groups in total. The number of hydrogen-bond donors (Lipinski definition) is 2. The monoisotopic (exact) mass is 255 g/mol. The van der Waals surface area contributed by atoms with Crippen molar-refractivity contribution >= 4 is 11.6 Å². The highest BCUT2D eigenvalue weighted by atomic mass is 16.4. The van der Waals surface area contributed by atoms with Gasteiger partial charge in [-0.05, 0) is 36.4 Å². The Labute approximate surface area is 107 Å². The number of pyridine rings is 1. The third-order valence-corrected chi connectivity index (χ3v) is 2.70. The first-order valence-corrected chi connectivity index (χ1v) is 5.52. The Morgan fingerprint density at radius 3 is 2.53 bits per heavy atom. The first-order valence-electron chi connectivity index (χ1n) is 5.52. The van der Waals surface area contributed by atoms with E-state index < -0.39 is 5.97 Å². The van der Waals surface area contributed by atoms with Crippen LogP contribution in [0.5, 0.6) is 5.75 Å². The van der Waals surface area contributed by atoms with Crippen LogP contribution in [0.1, 0.15) is 10.4 Å². The van der Waals surface area contributed by atoms with Gasteiger partial charge in [0, 0.05) is 11.8 Å². The lowest BCUT2D eigenvalue weighted by molar-refractivity contribution is 0.0696. The van der Waals surface area contributed by atoms with Crippen LogP contribution in [0.2, 0.25) is 0 Å². The second-order valence-corrected chi connectivity index (χ2v) is 4.01. The molecule has 1 aromatic carbocycles. The summed E-state index contributed by atoms with van der Waals surface area (Å²) in [6.07, 6.45) is 1.41. The van der Waals surface area contributed by atoms with E-state index in [0.717, 1.165) is 5.56 Å². The Bertz CT molecular complexity index is 762. The summed E-state index contributed by atoms with van der Waals surface area (Å²) in [6.45, 7) is 0. The third-order valence-electron chi connectivity index (χ3n) is 2.70. The number of phenols is 1. The van der Waals surface area contributed by atoms with E-state index in [9.17, 15) is 9.90 Å². The van der Waals surface area contributed by atoms with Crippen molar-refractivity contribution in [3.63, 3.8) is 0 Å². The van der Waals surface area contributed by atoms with Crippen LogP contribution in [0, 0.1) is 0 Å². The zero-order chi connectivity index (χ0) is 13.4. The summed E-state index contributed by atoms with van der Waals surface area (Å²) in [5.41, 5.74) is 1.46. The largest absolute Gasteiger partial charge is 0.508 e. The van der Waals surface area contributed by atoms with Gasteiger partial charge in [0.1, 0.15) is 5.75 Å². The lowest BCUT2D eigenvalue weighted by Gasteiger charge is -1.94. The van der Waals surface area contributed by atoms with E-state index in [2.05, 4.69) is 10.1 Å². The smallest absolute Gasteiger partial charge is 0.337 e. The molecule has 0 saturated heterocycles. The molecule has 0 spiro atoms. The molecule has 0 amide bonds. The first-order chi connectivity index (χ1) is 9.13. The van der Waals surface area contributed by atoms with Crippen molar-refractivity contribution in [2.45, 2.75) is 0 Å². The maximum Gasteiger partial charge on any atom is 0.337 e. The van der Waals surface area contributed by atoms with Crippen molar-refractivity contribution in [3.8, 4) is 17.1 Å². The molecule has 0 aliphatic heterocycles. The number of aromatic hydroxyl groups is 1. The topological polar surface area (TPSA) is 87.7 Å². The zero-order valence-corrected chi connectivity index (χ0v) is 9.69. The highest BCUT2D eigenvalue weighted by molar-refractivity contribution is 5.87. The summed E-state index contributed by atoms with van der Waals surface area (Å²) in [4.78, 5) is 15.2. The van der Waals surface area contributed by atoms with Gasteiger partial charge in [-0.25, -0.2) is 14.3 Å². The van der Waals surface area contributed by atoms with Gasteiger partial charge < -0.3 is 10.2 Å². The second-order valence-electron chi connectivity index (χ2n) is 4.01. The van der Waals surface area contributed by atoms with Gasteiger partial charge in [-0.3, -0.25) is 0 Å². The Morgan fingerprint density at radius 2 is 1.84 bits per heavy atom. The standard InChI is InChI=1S/C13H9N3O3/c17-10-4-1-8(2-5-10)12-14-11-6-3-9(13(18)19)7-16(11)15-12/h1-7,17H,(H,18,19). The number of benzene rings is 1. The summed E-state index contributed by atoms with van der Waals surface area (Å²) in [7, 11) is 0. The molecule has 0 bridgehead atoms. The molecule has 0 saturated carbocycles. The van der Waals surface area contributed by atoms with Gasteiger partial charge in [-0.15, -0.1) is 5.10 Å². The molecular formula is C13H9N3O3. The summed E-state index contributed by atoms with van der Waals surface area (Å²) in [6, 6.07) is 9.56. The Morgan fingerprint density at radius 1 is 1.11 bits per heavy atom. The molecule has 3 rings (SSSR count). The third kappa shape index (κ3) is 1.99. The molecule has 2 aromatic heterocycles. The number of phenolic OH excluding ortho intramolecular Hbond substituents is 1. The number of carboxylic acids is 1. The van der Waals surface area contributed by atoms with Gasteiger partial charge in [-0.1, -0.05) is 0 Å². The van der Waals surface area contributed by atoms with E-state index in [-0.39, 0.29) is 11.3 Å². The van der Waals surface area contributed by atoms with Crippen molar-refractivity contribution in [2.24, 2.45) is 0 Å². The molecule has 3 aromatic rings. The van der Waals surface area contributed by atoms with Crippen molar-refractivity contribution in [3.05, 3.63) is 48.2 Å². The van der Waals surface area contributed by atoms with Crippen LogP contribution in [0.25, 0.3) is 17.0 Å². The normalized spacial score (nSPS) is 10.7. The van der Waals surface area contributed by atoms with E-state index in [4.69, 9.17) is 5.11 Å². The summed E-state index contributed by atoms with van der Waals surface area (Å²) in [5.74, 6) is -0.369. The number of rotatable bonds is 2. The molecular weight excluding hydrogens is 246 g/mol. The van der Waals surface area contributed by atoms with E-state index in [1.165, 1.54) is 16.8 Å². The fourth-order valence-corrected chi connectivity index (χ4v) is 1.74. The van der Waals surface area contributed by atoms with Crippen LogP contribution in [0.3, 0.4) is 0 Å². The van der Waals surface area contributed by atoms with Gasteiger partial charge in [0.15, 0.2) is 11.5 Å². The SMILES string of the molecule is O=C(O)c1ccc2nc(-c3ccc(O)cc3)nn2c1. The predicted molar refractivity (Wildman–Crippen MR) is 67.0 cm³/mol. The molecule has 0 atom stereocenters. The number of hydrogen-bond acceptors (Lipinski definition) is 4. The number of fused-ring (bicyclic) bond motifs is 1. The first kappa shape index (κ1) is 11.2. The van der Waals surface area contributed by atoms with Gasteiger partial charge in [0.25, 0.3) is 0 Å². The van der Waals surface area contributed by atoms with Gasteiger partial charge in [0.05, 0.1) is 5.56 Å². The fourth-order valence-electron chi connectivity index (χ4n) is 1.74. The second kappa shape index (κ2) is 4.09. The van der Waals surface area contributed by atoms with Gasteiger partial charge >= 0.3 is 5.97 Å². The van der Waals surface area contributed by atoms with Crippen molar-refractivity contribution in [1.29, 1.82) is 0 Å². The van der Waals surface area contributed by atoms with E-state index in [0.29, 0.717) is 11.5 Å². The Kier molecular flexibility index (Phi) is 2.42. The lowest BCUT2D eigenvalue weighted by atomic mass is 10.2. The van der Waals surface area contributed by atoms with Crippen LogP contribution in [0.4, 0.5) is 0 Å². The van der Waals surface area contributed by atoms with Gasteiger partial charge in [-0.2, -0.15) is 0 Å². The maximum absolute atomic E-state index is 10.9. The molecule has 6 nitrogen and oxygen atoms in total. The highest BCUT2D eigenvalue weighted by Crippen LogP contribution is 2.19. The van der Waals surface area contributed by atoms with E-state index in [1.54, 1.807) is 30.3 Å². The molecule has 0 fully saturated rings. The van der Waals surface area contributed by atoms with E-state index in [1.807, 2.05) is 0 Å². The van der Waals surface area contributed by atoms with Crippen molar-refractivity contribution in [1.82, 2.24) is 14.6 Å². The molecule has 0 aliphatic carbocycles. The Hall–Kier alpha value is -2.89. The number of carbonyl (C=O) groups is 1. The minimum atomic E-state index is -1.01. The molecule has 6 heteroatoms. The molecule has 19 heavy (non-hydrogen) atoms. The Balaban J connectivity index is 2.11. The minimum absolute atomic E-state index is 0.148. The molecule has 0 radical (unpaired) electrons. The molecule has 2 heterocycles. The molecule has 0 unspecified atom stereocenters. The number of aromatic nitrogens is 3.